The van der Waals surface area contributed by atoms with Crippen LogP contribution in [-0.2, 0) is 52.5 Å². The zero-order chi connectivity index (χ0) is 45.2. The molecular weight excluding hydrogens is 813 g/mol. The van der Waals surface area contributed by atoms with Gasteiger partial charge in [0.05, 0.1) is 45.7 Å². The molecule has 0 aliphatic carbocycles. The Balaban J connectivity index is 3.65. The van der Waals surface area contributed by atoms with E-state index in [9.17, 15) is 38.7 Å². The van der Waals surface area contributed by atoms with E-state index < -0.39 is 18.0 Å². The van der Waals surface area contributed by atoms with Crippen molar-refractivity contribution in [2.75, 3.05) is 72.5 Å². The molecule has 0 aliphatic heterocycles. The number of rotatable bonds is 45. The van der Waals surface area contributed by atoms with Crippen LogP contribution >= 0.6 is 9.39 Å². The Morgan fingerprint density at radius 1 is 0.459 bits per heavy atom. The second kappa shape index (κ2) is 42.0. The van der Waals surface area contributed by atoms with Gasteiger partial charge in [-0.15, -0.1) is 0 Å². The number of amides is 4. The van der Waals surface area contributed by atoms with E-state index in [4.69, 9.17) is 24.1 Å². The highest BCUT2D eigenvalue weighted by Crippen LogP contribution is 2.14. The van der Waals surface area contributed by atoms with E-state index in [-0.39, 0.29) is 127 Å². The van der Waals surface area contributed by atoms with Crippen LogP contribution in [0.4, 0.5) is 0 Å². The standard InChI is InChI=1S/C42H78N5O13P/c1-34(48)35(47-61)18-16-17-23-43-39(51)32-59-30-29-58-27-25-45-40(52)33-60-31-28-57-26-24-44-37(49)22-21-36(42(55)56)46-38(50)19-14-12-10-8-6-4-2-3-5-7-9-11-13-15-20-41(53)54/h35-36,47H,2-33,61H2,1H3,(H,43,51)(H,44,49)(H,45,52)(H,46,50)(H,53,54)(H,55,56). The highest BCUT2D eigenvalue weighted by Gasteiger charge is 2.21. The lowest BCUT2D eigenvalue weighted by Crippen LogP contribution is -2.41. The van der Waals surface area contributed by atoms with Crippen LogP contribution in [0.1, 0.15) is 142 Å². The summed E-state index contributed by atoms with van der Waals surface area (Å²) in [6, 6.07) is -1.33. The average Bonchev–Trinajstić information content (AvgIpc) is 3.22. The smallest absolute Gasteiger partial charge is 0.326 e. The van der Waals surface area contributed by atoms with Crippen molar-refractivity contribution < 1.29 is 62.7 Å². The third-order valence-electron chi connectivity index (χ3n) is 9.62. The first-order valence-electron chi connectivity index (χ1n) is 22.3. The lowest BCUT2D eigenvalue weighted by atomic mass is 10.0. The number of ether oxygens (including phenoxy) is 4. The van der Waals surface area contributed by atoms with E-state index in [2.05, 4.69) is 35.7 Å². The summed E-state index contributed by atoms with van der Waals surface area (Å²) < 4.78 is 21.3. The van der Waals surface area contributed by atoms with E-state index in [0.717, 1.165) is 51.4 Å². The van der Waals surface area contributed by atoms with E-state index in [0.29, 0.717) is 19.4 Å². The molecule has 3 unspecified atom stereocenters. The highest BCUT2D eigenvalue weighted by atomic mass is 31.0. The van der Waals surface area contributed by atoms with Crippen molar-refractivity contribution in [3.63, 3.8) is 0 Å². The molecule has 3 atom stereocenters. The summed E-state index contributed by atoms with van der Waals surface area (Å²) in [7, 11) is 2.35. The Labute approximate surface area is 365 Å². The third kappa shape index (κ3) is 40.5. The monoisotopic (exact) mass is 892 g/mol. The molecule has 4 amide bonds. The second-order valence-corrected chi connectivity index (χ2v) is 15.4. The summed E-state index contributed by atoms with van der Waals surface area (Å²) in [6.45, 7) is 3.63. The quantitative estimate of drug-likeness (QED) is 0.0341. The van der Waals surface area contributed by atoms with Crippen molar-refractivity contribution in [1.82, 2.24) is 26.4 Å². The first-order valence-corrected chi connectivity index (χ1v) is 22.9. The van der Waals surface area contributed by atoms with Gasteiger partial charge in [0.2, 0.25) is 23.6 Å². The minimum absolute atomic E-state index is 0.0262. The lowest BCUT2D eigenvalue weighted by Gasteiger charge is -2.14. The molecule has 19 heteroatoms. The number of nitrogens with one attached hydrogen (secondary N) is 5. The maximum Gasteiger partial charge on any atom is 0.326 e. The topological polar surface area (TPSA) is 257 Å². The van der Waals surface area contributed by atoms with Gasteiger partial charge in [0.25, 0.3) is 0 Å². The van der Waals surface area contributed by atoms with Crippen molar-refractivity contribution in [2.45, 2.75) is 154 Å². The molecule has 0 aromatic heterocycles. The van der Waals surface area contributed by atoms with Crippen LogP contribution in [0.5, 0.6) is 0 Å². The maximum atomic E-state index is 12.3. The second-order valence-electron chi connectivity index (χ2n) is 15.0. The summed E-state index contributed by atoms with van der Waals surface area (Å²) in [5, 5.41) is 31.7. The number of carbonyl (C=O) groups is 7. The number of aliphatic carboxylic acids is 2. The van der Waals surface area contributed by atoms with Gasteiger partial charge in [-0.3, -0.25) is 33.9 Å². The Bertz CT molecular complexity index is 1200. The molecule has 61 heavy (non-hydrogen) atoms. The summed E-state index contributed by atoms with van der Waals surface area (Å²) >= 11 is 0. The van der Waals surface area contributed by atoms with Crippen LogP contribution in [0.25, 0.3) is 0 Å². The zero-order valence-electron chi connectivity index (χ0n) is 36.7. The number of hydrogen-bond acceptors (Lipinski definition) is 12. The molecule has 0 spiro atoms. The van der Waals surface area contributed by atoms with Crippen LogP contribution in [0.2, 0.25) is 0 Å². The summed E-state index contributed by atoms with van der Waals surface area (Å²) in [6.07, 6.45) is 17.8. The van der Waals surface area contributed by atoms with E-state index in [1.165, 1.54) is 44.9 Å². The van der Waals surface area contributed by atoms with Crippen LogP contribution in [0, 0.1) is 0 Å². The summed E-state index contributed by atoms with van der Waals surface area (Å²) in [5.41, 5.74) is 0. The molecular formula is C42H78N5O13P. The molecule has 7 N–H and O–H groups in total. The maximum absolute atomic E-state index is 12.3. The summed E-state index contributed by atoms with van der Waals surface area (Å²) in [4.78, 5) is 81.8. The average molecular weight is 892 g/mol. The molecule has 0 aromatic carbocycles. The van der Waals surface area contributed by atoms with Crippen molar-refractivity contribution >= 4 is 50.7 Å². The van der Waals surface area contributed by atoms with Gasteiger partial charge in [-0.1, -0.05) is 86.4 Å². The number of carboxylic acids is 2. The summed E-state index contributed by atoms with van der Waals surface area (Å²) in [5.74, 6) is -3.04. The van der Waals surface area contributed by atoms with E-state index >= 15 is 0 Å². The van der Waals surface area contributed by atoms with E-state index in [1.54, 1.807) is 6.92 Å². The predicted molar refractivity (Wildman–Crippen MR) is 234 cm³/mol. The molecule has 0 rings (SSSR count). The molecule has 0 fully saturated rings. The van der Waals surface area contributed by atoms with Crippen molar-refractivity contribution in [2.24, 2.45) is 0 Å². The first kappa shape index (κ1) is 57.7. The molecule has 0 bridgehead atoms. The molecule has 0 aromatic rings. The lowest BCUT2D eigenvalue weighted by molar-refractivity contribution is -0.142. The number of carbonyl (C=O) groups excluding carboxylic acids is 5. The highest BCUT2D eigenvalue weighted by molar-refractivity contribution is 7.13. The third-order valence-corrected chi connectivity index (χ3v) is 10.0. The van der Waals surface area contributed by atoms with Crippen LogP contribution in [0.3, 0.4) is 0 Å². The van der Waals surface area contributed by atoms with Crippen molar-refractivity contribution in [3.05, 3.63) is 0 Å². The van der Waals surface area contributed by atoms with Gasteiger partial charge in [-0.05, 0) is 45.4 Å². The molecule has 18 nitrogen and oxygen atoms in total. The van der Waals surface area contributed by atoms with Crippen LogP contribution < -0.4 is 26.4 Å². The Kier molecular flexibility index (Phi) is 39.8. The fourth-order valence-electron chi connectivity index (χ4n) is 6.07. The predicted octanol–water partition coefficient (Wildman–Crippen LogP) is 3.58. The number of hydrogen-bond donors (Lipinski definition) is 7. The Hall–Kier alpha value is -3.28. The minimum atomic E-state index is -1.18. The van der Waals surface area contributed by atoms with Crippen molar-refractivity contribution in [3.8, 4) is 0 Å². The molecule has 0 radical (unpaired) electrons. The van der Waals surface area contributed by atoms with Gasteiger partial charge in [0.1, 0.15) is 25.0 Å². The van der Waals surface area contributed by atoms with Gasteiger partial charge in [-0.2, -0.15) is 0 Å². The number of unbranched alkanes of at least 4 members (excludes halogenated alkanes) is 14. The van der Waals surface area contributed by atoms with E-state index in [1.807, 2.05) is 0 Å². The Morgan fingerprint density at radius 3 is 1.36 bits per heavy atom. The molecule has 0 saturated heterocycles. The van der Waals surface area contributed by atoms with Gasteiger partial charge in [-0.25, -0.2) is 4.79 Å². The molecule has 0 saturated carbocycles. The molecule has 0 aliphatic rings. The van der Waals surface area contributed by atoms with Crippen LogP contribution in [-0.4, -0.2) is 136 Å². The first-order chi connectivity index (χ1) is 29.5. The van der Waals surface area contributed by atoms with Crippen molar-refractivity contribution in [1.29, 1.82) is 0 Å². The minimum Gasteiger partial charge on any atom is -0.481 e. The fourth-order valence-corrected chi connectivity index (χ4v) is 6.47. The number of carboxylic acid groups (broad SMARTS) is 2. The largest absolute Gasteiger partial charge is 0.481 e. The zero-order valence-corrected chi connectivity index (χ0v) is 37.9. The fraction of sp³-hybridized carbons (Fsp3) is 0.833. The Morgan fingerprint density at radius 2 is 0.902 bits per heavy atom. The molecule has 354 valence electrons. The molecule has 0 heterocycles. The van der Waals surface area contributed by atoms with Gasteiger partial charge < -0.3 is 50.4 Å². The van der Waals surface area contributed by atoms with Gasteiger partial charge in [0.15, 0.2) is 0 Å². The number of ketones is 1. The normalized spacial score (nSPS) is 12.0. The number of Topliss-reactive ketones (excluding diaryl/α,β-unsaturated/α-hetero) is 1. The van der Waals surface area contributed by atoms with Crippen LogP contribution in [0.15, 0.2) is 0 Å². The van der Waals surface area contributed by atoms with Gasteiger partial charge >= 0.3 is 11.9 Å². The SMILES string of the molecule is CC(=O)C(CCCCNC(=O)COCCOCCNC(=O)COCCOCCNC(=O)CCC(NC(=O)CCCCCCCCCCCCCCCCC(=O)O)C(=O)O)NP. The van der Waals surface area contributed by atoms with Gasteiger partial charge in [0, 0.05) is 38.9 Å².